The molecule has 1 N–H and O–H groups in total. The number of furan rings is 1. The minimum Gasteiger partial charge on any atom is -0.469 e. The standard InChI is InChI=1S/C13H18ClNO2/c1-10-11(5-8-17-10)12(16)15-13(9-14)6-3-2-4-7-13/h5,8H,2-4,6-7,9H2,1H3,(H,15,16). The molecule has 3 nitrogen and oxygen atoms in total. The Kier molecular flexibility index (Phi) is 3.77. The minimum absolute atomic E-state index is 0.0706. The van der Waals surface area contributed by atoms with E-state index < -0.39 is 0 Å². The molecule has 0 spiro atoms. The van der Waals surface area contributed by atoms with E-state index in [2.05, 4.69) is 5.32 Å². The third-order valence-electron chi connectivity index (χ3n) is 3.55. The second-order valence-corrected chi connectivity index (χ2v) is 5.09. The summed E-state index contributed by atoms with van der Waals surface area (Å²) >= 11 is 6.04. The Morgan fingerprint density at radius 3 is 2.71 bits per heavy atom. The second-order valence-electron chi connectivity index (χ2n) is 4.82. The van der Waals surface area contributed by atoms with Crippen molar-refractivity contribution < 1.29 is 9.21 Å². The van der Waals surface area contributed by atoms with Gasteiger partial charge in [0.05, 0.1) is 17.4 Å². The molecule has 0 aromatic carbocycles. The SMILES string of the molecule is Cc1occc1C(=O)NC1(CCl)CCCCC1. The molecule has 1 saturated carbocycles. The van der Waals surface area contributed by atoms with Crippen molar-refractivity contribution in [3.05, 3.63) is 23.7 Å². The molecule has 1 aromatic heterocycles. The fraction of sp³-hybridized carbons (Fsp3) is 0.615. The molecule has 17 heavy (non-hydrogen) atoms. The summed E-state index contributed by atoms with van der Waals surface area (Å²) in [4.78, 5) is 12.1. The lowest BCUT2D eigenvalue weighted by molar-refractivity contribution is 0.0883. The molecule has 0 atom stereocenters. The van der Waals surface area contributed by atoms with Crippen LogP contribution in [0.5, 0.6) is 0 Å². The van der Waals surface area contributed by atoms with Gasteiger partial charge in [-0.15, -0.1) is 11.6 Å². The average Bonchev–Trinajstić information content (AvgIpc) is 2.77. The molecule has 4 heteroatoms. The van der Waals surface area contributed by atoms with Gasteiger partial charge in [-0.1, -0.05) is 19.3 Å². The summed E-state index contributed by atoms with van der Waals surface area (Å²) in [5.41, 5.74) is 0.390. The summed E-state index contributed by atoms with van der Waals surface area (Å²) in [5.74, 6) is 1.07. The molecule has 1 aromatic rings. The van der Waals surface area contributed by atoms with Crippen LogP contribution in [0.4, 0.5) is 0 Å². The van der Waals surface area contributed by atoms with Crippen molar-refractivity contribution in [3.63, 3.8) is 0 Å². The molecule has 1 fully saturated rings. The van der Waals surface area contributed by atoms with Crippen molar-refractivity contribution in [1.82, 2.24) is 5.32 Å². The number of nitrogens with one attached hydrogen (secondary N) is 1. The fourth-order valence-corrected chi connectivity index (χ4v) is 2.78. The first kappa shape index (κ1) is 12.5. The summed E-state index contributed by atoms with van der Waals surface area (Å²) in [6.45, 7) is 1.79. The maximum absolute atomic E-state index is 12.1. The molecule has 1 amide bonds. The highest BCUT2D eigenvalue weighted by Crippen LogP contribution is 2.29. The van der Waals surface area contributed by atoms with E-state index in [1.54, 1.807) is 19.3 Å². The third-order valence-corrected chi connectivity index (χ3v) is 4.06. The zero-order valence-corrected chi connectivity index (χ0v) is 10.8. The molecule has 0 aliphatic heterocycles. The molecular weight excluding hydrogens is 238 g/mol. The van der Waals surface area contributed by atoms with Crippen LogP contribution < -0.4 is 5.32 Å². The van der Waals surface area contributed by atoms with E-state index in [4.69, 9.17) is 16.0 Å². The van der Waals surface area contributed by atoms with E-state index in [1.807, 2.05) is 0 Å². The second kappa shape index (κ2) is 5.13. The topological polar surface area (TPSA) is 42.2 Å². The van der Waals surface area contributed by atoms with Crippen molar-refractivity contribution in [1.29, 1.82) is 0 Å². The highest BCUT2D eigenvalue weighted by atomic mass is 35.5. The fourth-order valence-electron chi connectivity index (χ4n) is 2.45. The van der Waals surface area contributed by atoms with Crippen LogP contribution in [0.1, 0.15) is 48.2 Å². The van der Waals surface area contributed by atoms with Gasteiger partial charge in [0, 0.05) is 5.88 Å². The van der Waals surface area contributed by atoms with E-state index >= 15 is 0 Å². The van der Waals surface area contributed by atoms with Crippen molar-refractivity contribution >= 4 is 17.5 Å². The van der Waals surface area contributed by atoms with Crippen molar-refractivity contribution in [2.75, 3.05) is 5.88 Å². The quantitative estimate of drug-likeness (QED) is 0.843. The van der Waals surface area contributed by atoms with Crippen molar-refractivity contribution in [3.8, 4) is 0 Å². The van der Waals surface area contributed by atoms with Crippen LogP contribution >= 0.6 is 11.6 Å². The Balaban J connectivity index is 2.08. The van der Waals surface area contributed by atoms with E-state index in [9.17, 15) is 4.79 Å². The summed E-state index contributed by atoms with van der Waals surface area (Å²) in [7, 11) is 0. The Morgan fingerprint density at radius 2 is 2.18 bits per heavy atom. The predicted octanol–water partition coefficient (Wildman–Crippen LogP) is 3.26. The van der Waals surface area contributed by atoms with Gasteiger partial charge in [0.2, 0.25) is 0 Å². The third kappa shape index (κ3) is 2.65. The number of alkyl halides is 1. The molecule has 2 rings (SSSR count). The summed E-state index contributed by atoms with van der Waals surface area (Å²) in [6, 6.07) is 1.70. The molecule has 1 heterocycles. The molecule has 0 radical (unpaired) electrons. The van der Waals surface area contributed by atoms with Gasteiger partial charge in [0.15, 0.2) is 0 Å². The number of halogens is 1. The molecule has 94 valence electrons. The van der Waals surface area contributed by atoms with Crippen LogP contribution in [0, 0.1) is 6.92 Å². The van der Waals surface area contributed by atoms with Gasteiger partial charge >= 0.3 is 0 Å². The number of aryl methyl sites for hydroxylation is 1. The van der Waals surface area contributed by atoms with E-state index in [0.717, 1.165) is 25.7 Å². The summed E-state index contributed by atoms with van der Waals surface area (Å²) in [6.07, 6.45) is 6.99. The van der Waals surface area contributed by atoms with E-state index in [1.165, 1.54) is 6.42 Å². The molecule has 0 unspecified atom stereocenters. The first-order valence-electron chi connectivity index (χ1n) is 6.09. The molecule has 1 aliphatic carbocycles. The molecular formula is C13H18ClNO2. The van der Waals surface area contributed by atoms with Crippen LogP contribution in [-0.2, 0) is 0 Å². The molecule has 0 saturated heterocycles. The Morgan fingerprint density at radius 1 is 1.47 bits per heavy atom. The largest absolute Gasteiger partial charge is 0.469 e. The lowest BCUT2D eigenvalue weighted by Gasteiger charge is -2.36. The molecule has 1 aliphatic rings. The van der Waals surface area contributed by atoms with Crippen molar-refractivity contribution in [2.45, 2.75) is 44.6 Å². The van der Waals surface area contributed by atoms with E-state index in [0.29, 0.717) is 17.2 Å². The first-order chi connectivity index (χ1) is 8.17. The average molecular weight is 256 g/mol. The minimum atomic E-state index is -0.222. The number of amides is 1. The summed E-state index contributed by atoms with van der Waals surface area (Å²) < 4.78 is 5.15. The van der Waals surface area contributed by atoms with Gasteiger partial charge in [-0.05, 0) is 25.8 Å². The van der Waals surface area contributed by atoms with Crippen LogP contribution in [-0.4, -0.2) is 17.3 Å². The molecule has 0 bridgehead atoms. The van der Waals surface area contributed by atoms with Gasteiger partial charge in [0.25, 0.3) is 5.91 Å². The Labute approximate surface area is 107 Å². The van der Waals surface area contributed by atoms with Gasteiger partial charge in [0.1, 0.15) is 5.76 Å². The zero-order chi connectivity index (χ0) is 12.3. The Bertz CT molecular complexity index is 394. The van der Waals surface area contributed by atoms with Crippen LogP contribution in [0.25, 0.3) is 0 Å². The van der Waals surface area contributed by atoms with Gasteiger partial charge in [-0.3, -0.25) is 4.79 Å². The van der Waals surface area contributed by atoms with Crippen LogP contribution in [0.15, 0.2) is 16.7 Å². The lowest BCUT2D eigenvalue weighted by atomic mass is 9.83. The zero-order valence-electron chi connectivity index (χ0n) is 10.1. The summed E-state index contributed by atoms with van der Waals surface area (Å²) in [5, 5.41) is 3.09. The number of hydrogen-bond acceptors (Lipinski definition) is 2. The highest BCUT2D eigenvalue weighted by Gasteiger charge is 2.33. The normalized spacial score (nSPS) is 18.9. The Hall–Kier alpha value is -0.960. The highest BCUT2D eigenvalue weighted by molar-refractivity contribution is 6.19. The smallest absolute Gasteiger partial charge is 0.255 e. The first-order valence-corrected chi connectivity index (χ1v) is 6.63. The van der Waals surface area contributed by atoms with Crippen LogP contribution in [0.2, 0.25) is 0 Å². The van der Waals surface area contributed by atoms with Gasteiger partial charge < -0.3 is 9.73 Å². The maximum atomic E-state index is 12.1. The van der Waals surface area contributed by atoms with Gasteiger partial charge in [-0.25, -0.2) is 0 Å². The van der Waals surface area contributed by atoms with Crippen molar-refractivity contribution in [2.24, 2.45) is 0 Å². The number of rotatable bonds is 3. The number of hydrogen-bond donors (Lipinski definition) is 1. The van der Waals surface area contributed by atoms with Gasteiger partial charge in [-0.2, -0.15) is 0 Å². The predicted molar refractivity (Wildman–Crippen MR) is 67.4 cm³/mol. The van der Waals surface area contributed by atoms with Crippen LogP contribution in [0.3, 0.4) is 0 Å². The monoisotopic (exact) mass is 255 g/mol. The number of carbonyl (C=O) groups is 1. The maximum Gasteiger partial charge on any atom is 0.255 e. The number of carbonyl (C=O) groups excluding carboxylic acids is 1. The van der Waals surface area contributed by atoms with E-state index in [-0.39, 0.29) is 11.4 Å². The lowest BCUT2D eigenvalue weighted by Crippen LogP contribution is -2.51.